The van der Waals surface area contributed by atoms with Gasteiger partial charge in [-0.15, -0.1) is 0 Å². The van der Waals surface area contributed by atoms with E-state index in [9.17, 15) is 9.59 Å². The van der Waals surface area contributed by atoms with Crippen LogP contribution in [0.5, 0.6) is 5.75 Å². The lowest BCUT2D eigenvalue weighted by Gasteiger charge is -2.42. The molecule has 8 heteroatoms. The maximum atomic E-state index is 12.2. The smallest absolute Gasteiger partial charge is 0.246 e. The average Bonchev–Trinajstić information content (AvgIpc) is 3.16. The first-order valence-electron chi connectivity index (χ1n) is 12.0. The predicted octanol–water partition coefficient (Wildman–Crippen LogP) is 2.19. The lowest BCUT2D eigenvalue weighted by Crippen LogP contribution is -2.54. The number of carbonyl (C=O) groups excluding carboxylic acids is 2. The standard InChI is InChI=1S/C24H33N5O3/c25-23(31)16(20-11-10-15-5-1-2-7-18(15)26-20)6-4-12-32-21-9-3-8-19-17(21)13-29-14-22(30)28-24(29)27-19/h3,8-9,15-16,18,20,26H,1-2,4-7,10-14H2,(H2,25,31)(H,27,28,30). The van der Waals surface area contributed by atoms with E-state index in [2.05, 4.69) is 15.6 Å². The summed E-state index contributed by atoms with van der Waals surface area (Å²) in [5, 5.41) is 6.55. The Morgan fingerprint density at radius 1 is 1.22 bits per heavy atom. The van der Waals surface area contributed by atoms with Crippen LogP contribution >= 0.6 is 0 Å². The van der Waals surface area contributed by atoms with Crippen LogP contribution in [0.15, 0.2) is 23.2 Å². The topological polar surface area (TPSA) is 109 Å². The van der Waals surface area contributed by atoms with E-state index in [0.29, 0.717) is 31.7 Å². The number of nitrogens with two attached hydrogens (primary N) is 1. The molecule has 0 aromatic heterocycles. The quantitative estimate of drug-likeness (QED) is 0.565. The highest BCUT2D eigenvalue weighted by Gasteiger charge is 2.36. The Morgan fingerprint density at radius 3 is 2.97 bits per heavy atom. The third-order valence-electron chi connectivity index (χ3n) is 7.52. The van der Waals surface area contributed by atoms with E-state index in [0.717, 1.165) is 42.2 Å². The number of carbonyl (C=O) groups is 2. The molecule has 1 aromatic carbocycles. The number of guanidine groups is 1. The summed E-state index contributed by atoms with van der Waals surface area (Å²) in [5.41, 5.74) is 7.64. The van der Waals surface area contributed by atoms with Crippen molar-refractivity contribution >= 4 is 23.5 Å². The van der Waals surface area contributed by atoms with Gasteiger partial charge in [0.2, 0.25) is 17.8 Å². The fraction of sp³-hybridized carbons (Fsp3) is 0.625. The molecule has 1 aromatic rings. The molecule has 0 spiro atoms. The van der Waals surface area contributed by atoms with Gasteiger partial charge in [0.1, 0.15) is 12.3 Å². The van der Waals surface area contributed by atoms with Crippen molar-refractivity contribution in [1.29, 1.82) is 0 Å². The van der Waals surface area contributed by atoms with Crippen LogP contribution in [0.1, 0.15) is 56.9 Å². The van der Waals surface area contributed by atoms with Crippen molar-refractivity contribution < 1.29 is 14.3 Å². The van der Waals surface area contributed by atoms with E-state index in [-0.39, 0.29) is 23.8 Å². The highest BCUT2D eigenvalue weighted by atomic mass is 16.5. The van der Waals surface area contributed by atoms with Gasteiger partial charge in [0, 0.05) is 17.6 Å². The zero-order valence-electron chi connectivity index (χ0n) is 18.5. The maximum absolute atomic E-state index is 12.2. The summed E-state index contributed by atoms with van der Waals surface area (Å²) >= 11 is 0. The van der Waals surface area contributed by atoms with Gasteiger partial charge in [-0.3, -0.25) is 14.9 Å². The van der Waals surface area contributed by atoms with Crippen molar-refractivity contribution in [3.8, 4) is 5.75 Å². The number of piperidine rings is 1. The molecule has 8 nitrogen and oxygen atoms in total. The van der Waals surface area contributed by atoms with Gasteiger partial charge in [-0.05, 0) is 56.6 Å². The highest BCUT2D eigenvalue weighted by molar-refractivity contribution is 6.05. The molecule has 4 atom stereocenters. The normalized spacial score (nSPS) is 27.5. The second-order valence-corrected chi connectivity index (χ2v) is 9.59. The van der Waals surface area contributed by atoms with Crippen molar-refractivity contribution in [2.45, 2.75) is 70.0 Å². The van der Waals surface area contributed by atoms with Gasteiger partial charge in [0.15, 0.2) is 0 Å². The fourth-order valence-electron chi connectivity index (χ4n) is 5.85. The second-order valence-electron chi connectivity index (χ2n) is 9.59. The predicted molar refractivity (Wildman–Crippen MR) is 121 cm³/mol. The van der Waals surface area contributed by atoms with Crippen LogP contribution in [0.2, 0.25) is 0 Å². The van der Waals surface area contributed by atoms with E-state index >= 15 is 0 Å². The molecular weight excluding hydrogens is 406 g/mol. The van der Waals surface area contributed by atoms with Crippen molar-refractivity contribution in [1.82, 2.24) is 15.5 Å². The summed E-state index contributed by atoms with van der Waals surface area (Å²) in [6.45, 7) is 1.44. The number of benzene rings is 1. The molecule has 0 radical (unpaired) electrons. The maximum Gasteiger partial charge on any atom is 0.246 e. The number of hydrogen-bond donors (Lipinski definition) is 3. The third kappa shape index (κ3) is 4.33. The number of amides is 2. The van der Waals surface area contributed by atoms with E-state index < -0.39 is 0 Å². The van der Waals surface area contributed by atoms with Gasteiger partial charge in [0.05, 0.1) is 24.8 Å². The van der Waals surface area contributed by atoms with Crippen LogP contribution in [0.25, 0.3) is 0 Å². The molecule has 4 aliphatic rings. The van der Waals surface area contributed by atoms with Gasteiger partial charge in [-0.2, -0.15) is 0 Å². The number of rotatable bonds is 7. The lowest BCUT2D eigenvalue weighted by molar-refractivity contribution is -0.123. The number of primary amides is 1. The first kappa shape index (κ1) is 21.2. The molecule has 4 unspecified atom stereocenters. The van der Waals surface area contributed by atoms with Crippen LogP contribution in [-0.2, 0) is 16.1 Å². The molecule has 3 aliphatic heterocycles. The first-order chi connectivity index (χ1) is 15.6. The third-order valence-corrected chi connectivity index (χ3v) is 7.52. The first-order valence-corrected chi connectivity index (χ1v) is 12.0. The van der Waals surface area contributed by atoms with E-state index in [1.165, 1.54) is 32.1 Å². The molecule has 4 N–H and O–H groups in total. The van der Waals surface area contributed by atoms with Gasteiger partial charge in [0.25, 0.3) is 0 Å². The van der Waals surface area contributed by atoms with Gasteiger partial charge in [-0.1, -0.05) is 18.9 Å². The lowest BCUT2D eigenvalue weighted by atomic mass is 9.75. The van der Waals surface area contributed by atoms with Crippen molar-refractivity contribution in [2.75, 3.05) is 13.2 Å². The minimum absolute atomic E-state index is 0.0348. The van der Waals surface area contributed by atoms with Crippen molar-refractivity contribution in [3.63, 3.8) is 0 Å². The second kappa shape index (κ2) is 9.10. The minimum Gasteiger partial charge on any atom is -0.493 e. The Morgan fingerprint density at radius 2 is 2.09 bits per heavy atom. The van der Waals surface area contributed by atoms with Crippen LogP contribution in [0.3, 0.4) is 0 Å². The monoisotopic (exact) mass is 439 g/mol. The number of nitrogens with zero attached hydrogens (tertiary/aromatic N) is 2. The molecule has 0 bridgehead atoms. The molecule has 32 heavy (non-hydrogen) atoms. The number of ether oxygens (including phenoxy) is 1. The molecule has 3 fully saturated rings. The highest BCUT2D eigenvalue weighted by Crippen LogP contribution is 2.36. The van der Waals surface area contributed by atoms with Crippen molar-refractivity contribution in [3.05, 3.63) is 23.8 Å². The SMILES string of the molecule is NC(=O)C(CCCOc1cccc2c1CN1CC(=O)NC1=N2)C1CCC2CCCCC2N1. The Labute approximate surface area is 189 Å². The van der Waals surface area contributed by atoms with Crippen molar-refractivity contribution in [2.24, 2.45) is 22.6 Å². The summed E-state index contributed by atoms with van der Waals surface area (Å²) in [6.07, 6.45) is 8.88. The molecule has 1 aliphatic carbocycles. The zero-order chi connectivity index (χ0) is 22.1. The largest absolute Gasteiger partial charge is 0.493 e. The molecule has 3 heterocycles. The summed E-state index contributed by atoms with van der Waals surface area (Å²) in [7, 11) is 0. The van der Waals surface area contributed by atoms with Gasteiger partial charge >= 0.3 is 0 Å². The zero-order valence-corrected chi connectivity index (χ0v) is 18.5. The molecule has 2 amide bonds. The van der Waals surface area contributed by atoms with E-state index in [1.807, 2.05) is 23.1 Å². The average molecular weight is 440 g/mol. The summed E-state index contributed by atoms with van der Waals surface area (Å²) in [4.78, 5) is 30.4. The molecule has 2 saturated heterocycles. The van der Waals surface area contributed by atoms with Gasteiger partial charge < -0.3 is 20.7 Å². The number of hydrogen-bond acceptors (Lipinski definition) is 6. The van der Waals surface area contributed by atoms with Crippen LogP contribution in [0.4, 0.5) is 5.69 Å². The van der Waals surface area contributed by atoms with Gasteiger partial charge in [-0.25, -0.2) is 4.99 Å². The summed E-state index contributed by atoms with van der Waals surface area (Å²) < 4.78 is 6.11. The molecule has 5 rings (SSSR count). The minimum atomic E-state index is -0.207. The number of aliphatic imine (C=N–C) groups is 1. The Balaban J connectivity index is 1.16. The van der Waals surface area contributed by atoms with Crippen LogP contribution in [0, 0.1) is 11.8 Å². The van der Waals surface area contributed by atoms with E-state index in [4.69, 9.17) is 10.5 Å². The van der Waals surface area contributed by atoms with Crippen LogP contribution in [-0.4, -0.2) is 47.9 Å². The summed E-state index contributed by atoms with van der Waals surface area (Å²) in [5.74, 6) is 1.78. The fourth-order valence-corrected chi connectivity index (χ4v) is 5.85. The molecule has 172 valence electrons. The number of nitrogens with one attached hydrogen (secondary N) is 2. The summed E-state index contributed by atoms with van der Waals surface area (Å²) in [6, 6.07) is 6.54. The number of fused-ring (bicyclic) bond motifs is 3. The van der Waals surface area contributed by atoms with E-state index in [1.54, 1.807) is 0 Å². The Bertz CT molecular complexity index is 917. The Hall–Kier alpha value is -2.61. The molecule has 1 saturated carbocycles. The molecular formula is C24H33N5O3. The Kier molecular flexibility index (Phi) is 6.04. The van der Waals surface area contributed by atoms with Crippen LogP contribution < -0.4 is 21.1 Å².